The molecule has 0 radical (unpaired) electrons. The second kappa shape index (κ2) is 4.24. The van der Waals surface area contributed by atoms with E-state index in [1.165, 1.54) is 11.7 Å². The van der Waals surface area contributed by atoms with Crippen LogP contribution >= 0.6 is 0 Å². The fourth-order valence-electron chi connectivity index (χ4n) is 1.90. The highest BCUT2D eigenvalue weighted by Gasteiger charge is 2.24. The third-order valence-corrected chi connectivity index (χ3v) is 2.49. The lowest BCUT2D eigenvalue weighted by Crippen LogP contribution is -2.36. The zero-order valence-corrected chi connectivity index (χ0v) is 10.7. The maximum absolute atomic E-state index is 11.8. The monoisotopic (exact) mass is 239 g/mol. The zero-order chi connectivity index (χ0) is 13.4. The summed E-state index contributed by atoms with van der Waals surface area (Å²) in [6, 6.07) is 1.03. The van der Waals surface area contributed by atoms with E-state index in [4.69, 9.17) is 0 Å². The number of carbonyl (C=O) groups excluding carboxylic acids is 1. The molecule has 0 saturated heterocycles. The SMILES string of the molecule is COC(=O)c1c(O)cc(=O)n(C(C)(C)C)c1C. The molecule has 1 aromatic heterocycles. The second-order valence-corrected chi connectivity index (χ2v) is 4.83. The van der Waals surface area contributed by atoms with Crippen LogP contribution in [-0.2, 0) is 10.3 Å². The lowest BCUT2D eigenvalue weighted by molar-refractivity contribution is 0.0594. The van der Waals surface area contributed by atoms with Crippen LogP contribution in [0.25, 0.3) is 0 Å². The predicted molar refractivity (Wildman–Crippen MR) is 63.4 cm³/mol. The van der Waals surface area contributed by atoms with E-state index in [-0.39, 0.29) is 16.9 Å². The minimum Gasteiger partial charge on any atom is -0.507 e. The van der Waals surface area contributed by atoms with Gasteiger partial charge >= 0.3 is 5.97 Å². The Bertz CT molecular complexity index is 508. The first-order valence-electron chi connectivity index (χ1n) is 5.24. The highest BCUT2D eigenvalue weighted by atomic mass is 16.5. The number of carbonyl (C=O) groups is 1. The van der Waals surface area contributed by atoms with Gasteiger partial charge in [-0.3, -0.25) is 4.79 Å². The van der Waals surface area contributed by atoms with Crippen molar-refractivity contribution in [2.45, 2.75) is 33.2 Å². The van der Waals surface area contributed by atoms with Gasteiger partial charge in [-0.15, -0.1) is 0 Å². The molecule has 5 nitrogen and oxygen atoms in total. The van der Waals surface area contributed by atoms with Gasteiger partial charge in [0.15, 0.2) is 0 Å². The van der Waals surface area contributed by atoms with E-state index in [0.717, 1.165) is 6.07 Å². The topological polar surface area (TPSA) is 68.5 Å². The van der Waals surface area contributed by atoms with Gasteiger partial charge in [-0.1, -0.05) is 0 Å². The Hall–Kier alpha value is -1.78. The van der Waals surface area contributed by atoms with E-state index in [1.54, 1.807) is 6.92 Å². The first-order valence-corrected chi connectivity index (χ1v) is 5.24. The minimum absolute atomic E-state index is 0.0297. The van der Waals surface area contributed by atoms with Crippen LogP contribution in [0.4, 0.5) is 0 Å². The van der Waals surface area contributed by atoms with Crippen molar-refractivity contribution in [3.8, 4) is 5.75 Å². The van der Waals surface area contributed by atoms with Crippen molar-refractivity contribution in [3.63, 3.8) is 0 Å². The molecule has 0 spiro atoms. The average Bonchev–Trinajstić information content (AvgIpc) is 2.13. The van der Waals surface area contributed by atoms with Gasteiger partial charge < -0.3 is 14.4 Å². The van der Waals surface area contributed by atoms with Crippen molar-refractivity contribution in [2.24, 2.45) is 0 Å². The number of aromatic nitrogens is 1. The fourth-order valence-corrected chi connectivity index (χ4v) is 1.90. The first-order chi connectivity index (χ1) is 7.70. The predicted octanol–water partition coefficient (Wildman–Crippen LogP) is 1.40. The summed E-state index contributed by atoms with van der Waals surface area (Å²) in [5.41, 5.74) is -0.394. The van der Waals surface area contributed by atoms with Gasteiger partial charge in [-0.2, -0.15) is 0 Å². The second-order valence-electron chi connectivity index (χ2n) is 4.83. The molecule has 94 valence electrons. The third kappa shape index (κ3) is 2.33. The van der Waals surface area contributed by atoms with E-state index >= 15 is 0 Å². The van der Waals surface area contributed by atoms with Gasteiger partial charge in [-0.05, 0) is 27.7 Å². The van der Waals surface area contributed by atoms with Crippen molar-refractivity contribution in [3.05, 3.63) is 27.7 Å². The Balaban J connectivity index is 3.67. The van der Waals surface area contributed by atoms with E-state index < -0.39 is 11.5 Å². The van der Waals surface area contributed by atoms with Gasteiger partial charge in [0.25, 0.3) is 5.56 Å². The van der Waals surface area contributed by atoms with Crippen LogP contribution < -0.4 is 5.56 Å². The van der Waals surface area contributed by atoms with Crippen LogP contribution in [0.15, 0.2) is 10.9 Å². The normalized spacial score (nSPS) is 11.4. The summed E-state index contributed by atoms with van der Waals surface area (Å²) in [7, 11) is 1.23. The number of aromatic hydroxyl groups is 1. The largest absolute Gasteiger partial charge is 0.507 e. The van der Waals surface area contributed by atoms with Gasteiger partial charge in [0.2, 0.25) is 0 Å². The summed E-state index contributed by atoms with van der Waals surface area (Å²) in [5.74, 6) is -1.00. The number of hydrogen-bond acceptors (Lipinski definition) is 4. The Morgan fingerprint density at radius 3 is 2.35 bits per heavy atom. The van der Waals surface area contributed by atoms with Gasteiger partial charge in [0, 0.05) is 17.3 Å². The summed E-state index contributed by atoms with van der Waals surface area (Å²) < 4.78 is 6.05. The number of nitrogens with zero attached hydrogens (tertiary/aromatic N) is 1. The van der Waals surface area contributed by atoms with Gasteiger partial charge in [0.1, 0.15) is 11.3 Å². The van der Waals surface area contributed by atoms with Crippen LogP contribution in [0.2, 0.25) is 0 Å². The minimum atomic E-state index is -0.655. The summed E-state index contributed by atoms with van der Waals surface area (Å²) in [6.45, 7) is 7.15. The smallest absolute Gasteiger partial charge is 0.343 e. The molecule has 0 aliphatic carbocycles. The molecule has 1 heterocycles. The molecule has 1 rings (SSSR count). The lowest BCUT2D eigenvalue weighted by Gasteiger charge is -2.26. The first kappa shape index (κ1) is 13.3. The molecule has 0 fully saturated rings. The molecular weight excluding hydrogens is 222 g/mol. The molecule has 0 saturated carbocycles. The van der Waals surface area contributed by atoms with Crippen molar-refractivity contribution in [2.75, 3.05) is 7.11 Å². The van der Waals surface area contributed by atoms with Crippen LogP contribution in [-0.4, -0.2) is 22.8 Å². The molecule has 5 heteroatoms. The van der Waals surface area contributed by atoms with Crippen molar-refractivity contribution < 1.29 is 14.6 Å². The van der Waals surface area contributed by atoms with E-state index in [9.17, 15) is 14.7 Å². The van der Waals surface area contributed by atoms with Crippen LogP contribution in [0.1, 0.15) is 36.8 Å². The Labute approximate surface area is 99.6 Å². The molecule has 17 heavy (non-hydrogen) atoms. The maximum Gasteiger partial charge on any atom is 0.343 e. The molecule has 0 unspecified atom stereocenters. The van der Waals surface area contributed by atoms with Crippen LogP contribution in [0.3, 0.4) is 0 Å². The fraction of sp³-hybridized carbons (Fsp3) is 0.500. The molecule has 0 aromatic carbocycles. The standard InChI is InChI=1S/C12H17NO4/c1-7-10(11(16)17-5)8(14)6-9(15)13(7)12(2,3)4/h6,14H,1-5H3. The van der Waals surface area contributed by atoms with Gasteiger partial charge in [0.05, 0.1) is 7.11 Å². The number of methoxy groups -OCH3 is 1. The number of rotatable bonds is 1. The van der Waals surface area contributed by atoms with Crippen LogP contribution in [0, 0.1) is 6.92 Å². The third-order valence-electron chi connectivity index (χ3n) is 2.49. The molecule has 0 aliphatic rings. The number of hydrogen-bond donors (Lipinski definition) is 1. The van der Waals surface area contributed by atoms with Crippen molar-refractivity contribution in [1.82, 2.24) is 4.57 Å². The number of ether oxygens (including phenoxy) is 1. The average molecular weight is 239 g/mol. The highest BCUT2D eigenvalue weighted by Crippen LogP contribution is 2.23. The Morgan fingerprint density at radius 1 is 1.41 bits per heavy atom. The molecule has 0 aliphatic heterocycles. The van der Waals surface area contributed by atoms with E-state index in [1.807, 2.05) is 20.8 Å². The number of pyridine rings is 1. The Morgan fingerprint density at radius 2 is 1.94 bits per heavy atom. The molecule has 1 N–H and O–H groups in total. The highest BCUT2D eigenvalue weighted by molar-refractivity contribution is 5.93. The van der Waals surface area contributed by atoms with E-state index in [2.05, 4.69) is 4.74 Å². The number of esters is 1. The Kier molecular flexibility index (Phi) is 3.31. The van der Waals surface area contributed by atoms with Crippen molar-refractivity contribution in [1.29, 1.82) is 0 Å². The summed E-state index contributed by atoms with van der Waals surface area (Å²) in [6.07, 6.45) is 0. The molecule has 0 atom stereocenters. The maximum atomic E-state index is 11.8. The van der Waals surface area contributed by atoms with Crippen molar-refractivity contribution >= 4 is 5.97 Å². The van der Waals surface area contributed by atoms with Crippen LogP contribution in [0.5, 0.6) is 5.75 Å². The molecule has 1 aromatic rings. The van der Waals surface area contributed by atoms with Gasteiger partial charge in [-0.25, -0.2) is 4.79 Å². The quantitative estimate of drug-likeness (QED) is 0.752. The summed E-state index contributed by atoms with van der Waals surface area (Å²) in [4.78, 5) is 23.4. The van der Waals surface area contributed by atoms with E-state index in [0.29, 0.717) is 5.69 Å². The lowest BCUT2D eigenvalue weighted by atomic mass is 10.0. The zero-order valence-electron chi connectivity index (χ0n) is 10.7. The molecule has 0 amide bonds. The summed E-state index contributed by atoms with van der Waals surface area (Å²) >= 11 is 0. The molecule has 0 bridgehead atoms. The molecular formula is C12H17NO4. The summed E-state index contributed by atoms with van der Waals surface area (Å²) in [5, 5.41) is 9.65.